The maximum Gasteiger partial charge on any atom is 0.228 e. The van der Waals surface area contributed by atoms with Crippen LogP contribution in [-0.4, -0.2) is 20.9 Å². The number of aromatic nitrogens is 3. The Kier molecular flexibility index (Phi) is 3.12. The lowest BCUT2D eigenvalue weighted by Gasteiger charge is -2.05. The zero-order valence-corrected chi connectivity index (χ0v) is 12.7. The predicted octanol–water partition coefficient (Wildman–Crippen LogP) is 3.53. The van der Waals surface area contributed by atoms with Crippen LogP contribution >= 0.6 is 0 Å². The van der Waals surface area contributed by atoms with Crippen molar-refractivity contribution in [3.05, 3.63) is 60.0 Å². The monoisotopic (exact) mass is 304 g/mol. The molecular weight excluding hydrogens is 288 g/mol. The molecule has 0 unspecified atom stereocenters. The molecular formula is C18H16N4O. The number of fused-ring (bicyclic) bond motifs is 2. The standard InChI is InChI=1S/C18H16N4O/c1-11-20-16-7-6-13(9-17(16)21-11)22-18(23)8-12-10-19-15-5-3-2-4-14(12)15/h2-7,9-10,19H,8H2,1H3,(H,20,21)(H,22,23). The molecule has 2 aromatic carbocycles. The molecule has 0 aliphatic rings. The van der Waals surface area contributed by atoms with Gasteiger partial charge in [-0.2, -0.15) is 0 Å². The van der Waals surface area contributed by atoms with E-state index in [1.165, 1.54) is 0 Å². The lowest BCUT2D eigenvalue weighted by atomic mass is 10.1. The Balaban J connectivity index is 1.54. The summed E-state index contributed by atoms with van der Waals surface area (Å²) >= 11 is 0. The number of nitrogens with one attached hydrogen (secondary N) is 3. The van der Waals surface area contributed by atoms with Gasteiger partial charge >= 0.3 is 0 Å². The number of anilines is 1. The highest BCUT2D eigenvalue weighted by atomic mass is 16.1. The third-order valence-electron chi connectivity index (χ3n) is 3.91. The maximum atomic E-state index is 12.3. The summed E-state index contributed by atoms with van der Waals surface area (Å²) in [5, 5.41) is 4.03. The molecule has 3 N–H and O–H groups in total. The summed E-state index contributed by atoms with van der Waals surface area (Å²) in [6.07, 6.45) is 2.23. The number of aryl methyl sites for hydroxylation is 1. The van der Waals surface area contributed by atoms with E-state index in [4.69, 9.17) is 0 Å². The highest BCUT2D eigenvalue weighted by molar-refractivity contribution is 5.97. The molecule has 0 radical (unpaired) electrons. The predicted molar refractivity (Wildman–Crippen MR) is 91.5 cm³/mol. The summed E-state index contributed by atoms with van der Waals surface area (Å²) in [4.78, 5) is 23.0. The van der Waals surface area contributed by atoms with Gasteiger partial charge in [0, 0.05) is 22.8 Å². The summed E-state index contributed by atoms with van der Waals surface area (Å²) in [5.74, 6) is 0.826. The number of para-hydroxylation sites is 1. The molecule has 0 fully saturated rings. The third kappa shape index (κ3) is 2.57. The van der Waals surface area contributed by atoms with Crippen molar-refractivity contribution in [1.82, 2.24) is 15.0 Å². The number of hydrogen-bond acceptors (Lipinski definition) is 2. The van der Waals surface area contributed by atoms with Gasteiger partial charge in [0.05, 0.1) is 17.5 Å². The molecule has 23 heavy (non-hydrogen) atoms. The fourth-order valence-corrected chi connectivity index (χ4v) is 2.87. The molecule has 0 saturated carbocycles. The van der Waals surface area contributed by atoms with Crippen LogP contribution in [0.3, 0.4) is 0 Å². The average Bonchev–Trinajstić information content (AvgIpc) is 3.10. The van der Waals surface area contributed by atoms with E-state index in [0.717, 1.165) is 39.0 Å². The first-order valence-electron chi connectivity index (χ1n) is 7.50. The van der Waals surface area contributed by atoms with Crippen LogP contribution in [0.1, 0.15) is 11.4 Å². The lowest BCUT2D eigenvalue weighted by Crippen LogP contribution is -2.14. The zero-order valence-electron chi connectivity index (χ0n) is 12.7. The third-order valence-corrected chi connectivity index (χ3v) is 3.91. The maximum absolute atomic E-state index is 12.3. The Morgan fingerprint density at radius 1 is 1.17 bits per heavy atom. The van der Waals surface area contributed by atoms with Gasteiger partial charge < -0.3 is 15.3 Å². The SMILES string of the molecule is Cc1nc2ccc(NC(=O)Cc3c[nH]c4ccccc34)cc2[nH]1. The molecule has 4 aromatic rings. The second-order valence-corrected chi connectivity index (χ2v) is 5.64. The molecule has 114 valence electrons. The lowest BCUT2D eigenvalue weighted by molar-refractivity contribution is -0.115. The number of carbonyl (C=O) groups excluding carboxylic acids is 1. The van der Waals surface area contributed by atoms with Crippen molar-refractivity contribution in [2.45, 2.75) is 13.3 Å². The molecule has 0 aliphatic heterocycles. The number of imidazole rings is 1. The van der Waals surface area contributed by atoms with E-state index in [2.05, 4.69) is 20.3 Å². The fraction of sp³-hybridized carbons (Fsp3) is 0.111. The molecule has 0 atom stereocenters. The van der Waals surface area contributed by atoms with E-state index < -0.39 is 0 Å². The number of aromatic amines is 2. The molecule has 2 aromatic heterocycles. The van der Waals surface area contributed by atoms with Gasteiger partial charge in [0.25, 0.3) is 0 Å². The number of carbonyl (C=O) groups is 1. The normalized spacial score (nSPS) is 11.2. The molecule has 5 nitrogen and oxygen atoms in total. The van der Waals surface area contributed by atoms with Gasteiger partial charge in [-0.3, -0.25) is 4.79 Å². The fourth-order valence-electron chi connectivity index (χ4n) is 2.87. The van der Waals surface area contributed by atoms with E-state index in [9.17, 15) is 4.79 Å². The van der Waals surface area contributed by atoms with Gasteiger partial charge in [0.15, 0.2) is 0 Å². The number of benzene rings is 2. The number of amides is 1. The van der Waals surface area contributed by atoms with Crippen LogP contribution in [0, 0.1) is 6.92 Å². The van der Waals surface area contributed by atoms with Crippen molar-refractivity contribution >= 4 is 33.5 Å². The number of hydrogen-bond donors (Lipinski definition) is 3. The van der Waals surface area contributed by atoms with Crippen LogP contribution in [-0.2, 0) is 11.2 Å². The van der Waals surface area contributed by atoms with Gasteiger partial charge in [-0.1, -0.05) is 18.2 Å². The molecule has 1 amide bonds. The van der Waals surface area contributed by atoms with E-state index in [-0.39, 0.29) is 5.91 Å². The van der Waals surface area contributed by atoms with Crippen molar-refractivity contribution in [2.75, 3.05) is 5.32 Å². The summed E-state index contributed by atoms with van der Waals surface area (Å²) in [6, 6.07) is 13.7. The Hall–Kier alpha value is -3.08. The van der Waals surface area contributed by atoms with Gasteiger partial charge in [0.1, 0.15) is 5.82 Å². The molecule has 4 rings (SSSR count). The minimum absolute atomic E-state index is 0.0367. The number of H-pyrrole nitrogens is 2. The Bertz CT molecular complexity index is 1010. The van der Waals surface area contributed by atoms with Crippen LogP contribution in [0.25, 0.3) is 21.9 Å². The van der Waals surface area contributed by atoms with Crippen molar-refractivity contribution in [3.8, 4) is 0 Å². The minimum Gasteiger partial charge on any atom is -0.361 e. The van der Waals surface area contributed by atoms with Gasteiger partial charge in [-0.25, -0.2) is 4.98 Å². The zero-order chi connectivity index (χ0) is 15.8. The molecule has 0 saturated heterocycles. The smallest absolute Gasteiger partial charge is 0.228 e. The second-order valence-electron chi connectivity index (χ2n) is 5.64. The molecule has 0 spiro atoms. The van der Waals surface area contributed by atoms with Crippen LogP contribution in [0.2, 0.25) is 0 Å². The summed E-state index contributed by atoms with van der Waals surface area (Å²) in [6.45, 7) is 1.91. The molecule has 0 bridgehead atoms. The second kappa shape index (κ2) is 5.28. The van der Waals surface area contributed by atoms with Crippen LogP contribution in [0.15, 0.2) is 48.7 Å². The molecule has 2 heterocycles. The summed E-state index contributed by atoms with van der Waals surface area (Å²) in [5.41, 5.74) is 4.64. The number of nitrogens with zero attached hydrogens (tertiary/aromatic N) is 1. The van der Waals surface area contributed by atoms with Crippen molar-refractivity contribution in [3.63, 3.8) is 0 Å². The van der Waals surface area contributed by atoms with Crippen molar-refractivity contribution in [1.29, 1.82) is 0 Å². The highest BCUT2D eigenvalue weighted by Gasteiger charge is 2.09. The van der Waals surface area contributed by atoms with E-state index in [0.29, 0.717) is 6.42 Å². The van der Waals surface area contributed by atoms with E-state index in [1.807, 2.05) is 55.6 Å². The van der Waals surface area contributed by atoms with Gasteiger partial charge in [-0.05, 0) is 36.8 Å². The quantitative estimate of drug-likeness (QED) is 0.541. The van der Waals surface area contributed by atoms with Gasteiger partial charge in [0.2, 0.25) is 5.91 Å². The largest absolute Gasteiger partial charge is 0.361 e. The van der Waals surface area contributed by atoms with Gasteiger partial charge in [-0.15, -0.1) is 0 Å². The van der Waals surface area contributed by atoms with Crippen LogP contribution < -0.4 is 5.32 Å². The van der Waals surface area contributed by atoms with Crippen LogP contribution in [0.4, 0.5) is 5.69 Å². The summed E-state index contributed by atoms with van der Waals surface area (Å²) in [7, 11) is 0. The number of rotatable bonds is 3. The topological polar surface area (TPSA) is 73.6 Å². The highest BCUT2D eigenvalue weighted by Crippen LogP contribution is 2.20. The summed E-state index contributed by atoms with van der Waals surface area (Å²) < 4.78 is 0. The van der Waals surface area contributed by atoms with Crippen molar-refractivity contribution in [2.24, 2.45) is 0 Å². The van der Waals surface area contributed by atoms with E-state index >= 15 is 0 Å². The first-order valence-corrected chi connectivity index (χ1v) is 7.50. The van der Waals surface area contributed by atoms with E-state index in [1.54, 1.807) is 0 Å². The Morgan fingerprint density at radius 3 is 2.96 bits per heavy atom. The molecule has 0 aliphatic carbocycles. The minimum atomic E-state index is -0.0367. The first-order chi connectivity index (χ1) is 11.2. The van der Waals surface area contributed by atoms with Crippen LogP contribution in [0.5, 0.6) is 0 Å². The van der Waals surface area contributed by atoms with Crippen molar-refractivity contribution < 1.29 is 4.79 Å². The Morgan fingerprint density at radius 2 is 2.04 bits per heavy atom. The Labute approximate surface area is 132 Å². The first kappa shape index (κ1) is 13.6. The molecule has 5 heteroatoms. The average molecular weight is 304 g/mol.